The van der Waals surface area contributed by atoms with Gasteiger partial charge in [0.25, 0.3) is 0 Å². The van der Waals surface area contributed by atoms with E-state index in [1.807, 2.05) is 0 Å². The number of nitrogens with one attached hydrogen (secondary N) is 1. The van der Waals surface area contributed by atoms with Crippen molar-refractivity contribution in [1.29, 1.82) is 0 Å². The third-order valence-corrected chi connectivity index (χ3v) is 3.67. The van der Waals surface area contributed by atoms with Gasteiger partial charge in [-0.3, -0.25) is 4.79 Å². The van der Waals surface area contributed by atoms with Crippen LogP contribution in [0.3, 0.4) is 0 Å². The van der Waals surface area contributed by atoms with Crippen LogP contribution in [-0.2, 0) is 19.0 Å². The minimum atomic E-state index is -0.765. The van der Waals surface area contributed by atoms with Gasteiger partial charge in [0, 0.05) is 13.2 Å². The predicted molar refractivity (Wildman–Crippen MR) is 66.3 cm³/mol. The van der Waals surface area contributed by atoms with Gasteiger partial charge in [-0.2, -0.15) is 0 Å². The Morgan fingerprint density at radius 3 is 2.74 bits per heavy atom. The molecule has 1 aliphatic carbocycles. The second kappa shape index (κ2) is 5.61. The maximum atomic E-state index is 11.6. The second-order valence-corrected chi connectivity index (χ2v) is 4.80. The maximum absolute atomic E-state index is 11.6. The molecule has 0 atom stereocenters. The summed E-state index contributed by atoms with van der Waals surface area (Å²) in [5.41, 5.74) is -0.571. The largest absolute Gasteiger partial charge is 0.513 e. The van der Waals surface area contributed by atoms with E-state index < -0.39 is 11.7 Å². The van der Waals surface area contributed by atoms with Gasteiger partial charge in [-0.15, -0.1) is 0 Å². The van der Waals surface area contributed by atoms with Crippen molar-refractivity contribution in [2.24, 2.45) is 0 Å². The summed E-state index contributed by atoms with van der Waals surface area (Å²) < 4.78 is 15.2. The van der Waals surface area contributed by atoms with Gasteiger partial charge >= 0.3 is 6.16 Å². The van der Waals surface area contributed by atoms with Gasteiger partial charge in [0.2, 0.25) is 5.91 Å². The number of rotatable bonds is 3. The highest BCUT2D eigenvalue weighted by Crippen LogP contribution is 2.38. The van der Waals surface area contributed by atoms with Gasteiger partial charge in [0.15, 0.2) is 0 Å². The van der Waals surface area contributed by atoms with E-state index >= 15 is 0 Å². The zero-order chi connectivity index (χ0) is 13.9. The molecule has 0 radical (unpaired) electrons. The van der Waals surface area contributed by atoms with E-state index in [1.165, 1.54) is 6.08 Å². The minimum absolute atomic E-state index is 0.201. The summed E-state index contributed by atoms with van der Waals surface area (Å²) in [7, 11) is 1.68. The SMILES string of the molecule is CCOC(=O)OC1=CC(=O)NC12CCC(OC)CC2. The molecule has 1 amide bonds. The second-order valence-electron chi connectivity index (χ2n) is 4.80. The summed E-state index contributed by atoms with van der Waals surface area (Å²) in [4.78, 5) is 23.0. The minimum Gasteiger partial charge on any atom is -0.434 e. The van der Waals surface area contributed by atoms with Crippen molar-refractivity contribution < 1.29 is 23.8 Å². The van der Waals surface area contributed by atoms with Crippen LogP contribution in [0.5, 0.6) is 0 Å². The molecule has 1 fully saturated rings. The average Bonchev–Trinajstić information content (AvgIpc) is 2.67. The molecular formula is C13H19NO5. The van der Waals surface area contributed by atoms with Gasteiger partial charge in [0.1, 0.15) is 5.76 Å². The topological polar surface area (TPSA) is 73.9 Å². The van der Waals surface area contributed by atoms with Crippen LogP contribution in [0.1, 0.15) is 32.6 Å². The average molecular weight is 269 g/mol. The molecule has 1 aliphatic heterocycles. The first-order valence-corrected chi connectivity index (χ1v) is 6.51. The van der Waals surface area contributed by atoms with Crippen molar-refractivity contribution >= 4 is 12.1 Å². The van der Waals surface area contributed by atoms with Crippen molar-refractivity contribution in [2.75, 3.05) is 13.7 Å². The van der Waals surface area contributed by atoms with Gasteiger partial charge in [0.05, 0.1) is 18.2 Å². The molecule has 19 heavy (non-hydrogen) atoms. The van der Waals surface area contributed by atoms with Gasteiger partial charge in [-0.05, 0) is 32.6 Å². The normalized spacial score (nSPS) is 29.9. The lowest BCUT2D eigenvalue weighted by Crippen LogP contribution is -2.49. The zero-order valence-electron chi connectivity index (χ0n) is 11.2. The highest BCUT2D eigenvalue weighted by Gasteiger charge is 2.46. The van der Waals surface area contributed by atoms with Crippen LogP contribution in [0.25, 0.3) is 0 Å². The summed E-state index contributed by atoms with van der Waals surface area (Å²) in [5, 5.41) is 2.89. The van der Waals surface area contributed by atoms with Crippen LogP contribution < -0.4 is 5.32 Å². The molecule has 0 aromatic heterocycles. The van der Waals surface area contributed by atoms with E-state index in [2.05, 4.69) is 5.32 Å². The highest BCUT2D eigenvalue weighted by atomic mass is 16.7. The molecule has 6 heteroatoms. The van der Waals surface area contributed by atoms with Crippen molar-refractivity contribution in [1.82, 2.24) is 5.32 Å². The van der Waals surface area contributed by atoms with E-state index in [0.29, 0.717) is 18.6 Å². The molecule has 0 unspecified atom stereocenters. The molecule has 0 aromatic rings. The van der Waals surface area contributed by atoms with E-state index in [1.54, 1.807) is 14.0 Å². The van der Waals surface area contributed by atoms with Crippen LogP contribution in [0.15, 0.2) is 11.8 Å². The van der Waals surface area contributed by atoms with E-state index in [-0.39, 0.29) is 18.6 Å². The Labute approximate surface area is 112 Å². The lowest BCUT2D eigenvalue weighted by molar-refractivity contribution is -0.117. The summed E-state index contributed by atoms with van der Waals surface area (Å²) >= 11 is 0. The Morgan fingerprint density at radius 2 is 2.16 bits per heavy atom. The molecule has 1 heterocycles. The Morgan fingerprint density at radius 1 is 1.47 bits per heavy atom. The van der Waals surface area contributed by atoms with Crippen molar-refractivity contribution in [3.05, 3.63) is 11.8 Å². The Balaban J connectivity index is 2.06. The first kappa shape index (κ1) is 13.9. The van der Waals surface area contributed by atoms with Crippen molar-refractivity contribution in [3.8, 4) is 0 Å². The van der Waals surface area contributed by atoms with E-state index in [0.717, 1.165) is 12.8 Å². The molecule has 0 saturated heterocycles. The monoisotopic (exact) mass is 269 g/mol. The Kier molecular flexibility index (Phi) is 4.09. The van der Waals surface area contributed by atoms with Crippen LogP contribution >= 0.6 is 0 Å². The van der Waals surface area contributed by atoms with Gasteiger partial charge < -0.3 is 19.5 Å². The fourth-order valence-corrected chi connectivity index (χ4v) is 2.65. The number of carbonyl (C=O) groups excluding carboxylic acids is 2. The Hall–Kier alpha value is -1.56. The van der Waals surface area contributed by atoms with E-state index in [9.17, 15) is 9.59 Å². The van der Waals surface area contributed by atoms with Gasteiger partial charge in [-0.25, -0.2) is 4.79 Å². The number of amides is 1. The number of methoxy groups -OCH3 is 1. The summed E-state index contributed by atoms with van der Waals surface area (Å²) in [5.74, 6) is 0.140. The summed E-state index contributed by atoms with van der Waals surface area (Å²) in [6.45, 7) is 1.94. The van der Waals surface area contributed by atoms with Crippen LogP contribution in [0.2, 0.25) is 0 Å². The molecule has 106 valence electrons. The number of hydrogen-bond acceptors (Lipinski definition) is 5. The lowest BCUT2D eigenvalue weighted by atomic mass is 9.80. The fraction of sp³-hybridized carbons (Fsp3) is 0.692. The predicted octanol–water partition coefficient (Wildman–Crippen LogP) is 1.50. The van der Waals surface area contributed by atoms with Gasteiger partial charge in [-0.1, -0.05) is 0 Å². The molecule has 1 spiro atoms. The number of hydrogen-bond donors (Lipinski definition) is 1. The first-order chi connectivity index (χ1) is 9.09. The lowest BCUT2D eigenvalue weighted by Gasteiger charge is -2.37. The van der Waals surface area contributed by atoms with Crippen LogP contribution in [-0.4, -0.2) is 37.4 Å². The molecule has 1 N–H and O–H groups in total. The standard InChI is InChI=1S/C13H19NO5/c1-3-18-12(16)19-10-8-11(15)14-13(10)6-4-9(17-2)5-7-13/h8-9H,3-7H2,1-2H3,(H,14,15). The zero-order valence-corrected chi connectivity index (χ0v) is 11.2. The number of ether oxygens (including phenoxy) is 3. The smallest absolute Gasteiger partial charge is 0.434 e. The fourth-order valence-electron chi connectivity index (χ4n) is 2.65. The molecule has 1 saturated carbocycles. The summed E-state index contributed by atoms with van der Waals surface area (Å²) in [6, 6.07) is 0. The highest BCUT2D eigenvalue weighted by molar-refractivity contribution is 5.92. The summed E-state index contributed by atoms with van der Waals surface area (Å²) in [6.07, 6.45) is 3.81. The third-order valence-electron chi connectivity index (χ3n) is 3.67. The molecular weight excluding hydrogens is 250 g/mol. The molecule has 0 aromatic carbocycles. The first-order valence-electron chi connectivity index (χ1n) is 6.51. The van der Waals surface area contributed by atoms with E-state index in [4.69, 9.17) is 14.2 Å². The van der Waals surface area contributed by atoms with Crippen LogP contribution in [0.4, 0.5) is 4.79 Å². The van der Waals surface area contributed by atoms with Crippen molar-refractivity contribution in [2.45, 2.75) is 44.2 Å². The maximum Gasteiger partial charge on any atom is 0.513 e. The molecule has 2 aliphatic rings. The van der Waals surface area contributed by atoms with Crippen molar-refractivity contribution in [3.63, 3.8) is 0 Å². The van der Waals surface area contributed by atoms with Crippen LogP contribution in [0, 0.1) is 0 Å². The molecule has 2 rings (SSSR count). The third kappa shape index (κ3) is 2.89. The molecule has 6 nitrogen and oxygen atoms in total. The molecule has 0 bridgehead atoms. The number of carbonyl (C=O) groups is 2. The Bertz CT molecular complexity index is 396. The quantitative estimate of drug-likeness (QED) is 0.786.